The Balaban J connectivity index is 1.40. The molecular weight excluding hydrogens is 460 g/mol. The second-order valence-electron chi connectivity index (χ2n) is 9.02. The minimum Gasteiger partial charge on any atom is -0.383 e. The Hall–Kier alpha value is -3.85. The maximum Gasteiger partial charge on any atom is 0.313 e. The van der Waals surface area contributed by atoms with Crippen LogP contribution in [0.3, 0.4) is 0 Å². The third-order valence-electron chi connectivity index (χ3n) is 6.37. The van der Waals surface area contributed by atoms with Crippen molar-refractivity contribution in [1.82, 2.24) is 19.9 Å². The number of hydrogen-bond acceptors (Lipinski definition) is 7. The van der Waals surface area contributed by atoms with Crippen molar-refractivity contribution in [2.75, 3.05) is 17.6 Å². The molecule has 3 aromatic heterocycles. The highest BCUT2D eigenvalue weighted by Gasteiger charge is 2.34. The summed E-state index contributed by atoms with van der Waals surface area (Å²) in [5.74, 6) is -0.523. The first kappa shape index (κ1) is 22.9. The van der Waals surface area contributed by atoms with E-state index >= 15 is 0 Å². The quantitative estimate of drug-likeness (QED) is 0.410. The van der Waals surface area contributed by atoms with Gasteiger partial charge in [0.15, 0.2) is 0 Å². The van der Waals surface area contributed by atoms with Gasteiger partial charge in [0.2, 0.25) is 0 Å². The van der Waals surface area contributed by atoms with E-state index in [1.165, 1.54) is 6.20 Å². The Bertz CT molecular complexity index is 1400. The molecule has 4 aromatic rings. The molecule has 1 aliphatic rings. The molecule has 2 amide bonds. The summed E-state index contributed by atoms with van der Waals surface area (Å²) < 4.78 is 1.08. The largest absolute Gasteiger partial charge is 0.383 e. The number of likely N-dealkylation sites (tertiary alicyclic amines) is 1. The Morgan fingerprint density at radius 3 is 2.71 bits per heavy atom. The van der Waals surface area contributed by atoms with Gasteiger partial charge in [0.25, 0.3) is 0 Å². The minimum absolute atomic E-state index is 0.189. The number of nitrogens with zero attached hydrogens (tertiary/aromatic N) is 4. The zero-order chi connectivity index (χ0) is 24.5. The number of nitrogen functional groups attached to an aromatic ring is 1. The molecule has 0 bridgehead atoms. The molecule has 0 unspecified atom stereocenters. The molecule has 1 fully saturated rings. The normalized spacial score (nSPS) is 17.9. The highest BCUT2D eigenvalue weighted by molar-refractivity contribution is 7.21. The predicted octanol–water partition coefficient (Wildman–Crippen LogP) is 4.58. The zero-order valence-corrected chi connectivity index (χ0v) is 20.4. The van der Waals surface area contributed by atoms with E-state index in [4.69, 9.17) is 10.7 Å². The molecule has 0 radical (unpaired) electrons. The van der Waals surface area contributed by atoms with Gasteiger partial charge in [-0.3, -0.25) is 14.6 Å². The predicted molar refractivity (Wildman–Crippen MR) is 138 cm³/mol. The number of nitrogens with one attached hydrogen (secondary N) is 1. The number of anilines is 2. The van der Waals surface area contributed by atoms with Crippen molar-refractivity contribution < 1.29 is 9.59 Å². The van der Waals surface area contributed by atoms with Gasteiger partial charge in [0.05, 0.1) is 28.1 Å². The molecule has 4 heterocycles. The first-order valence-corrected chi connectivity index (χ1v) is 12.4. The Morgan fingerprint density at radius 2 is 1.94 bits per heavy atom. The molecule has 0 saturated carbocycles. The summed E-state index contributed by atoms with van der Waals surface area (Å²) in [5, 5.41) is 3.61. The number of fused-ring (bicyclic) bond motifs is 1. The number of pyridine rings is 2. The molecule has 2 atom stereocenters. The van der Waals surface area contributed by atoms with Gasteiger partial charge >= 0.3 is 11.8 Å². The van der Waals surface area contributed by atoms with Crippen LogP contribution in [0.5, 0.6) is 0 Å². The summed E-state index contributed by atoms with van der Waals surface area (Å²) in [4.78, 5) is 40.8. The number of carbonyl (C=O) groups excluding carboxylic acids is 2. The van der Waals surface area contributed by atoms with Gasteiger partial charge in [-0.25, -0.2) is 9.97 Å². The second kappa shape index (κ2) is 9.42. The van der Waals surface area contributed by atoms with Crippen LogP contribution in [0.4, 0.5) is 11.5 Å². The van der Waals surface area contributed by atoms with E-state index in [9.17, 15) is 9.59 Å². The molecule has 1 aliphatic heterocycles. The lowest BCUT2D eigenvalue weighted by atomic mass is 9.89. The van der Waals surface area contributed by atoms with E-state index in [0.29, 0.717) is 24.0 Å². The highest BCUT2D eigenvalue weighted by Crippen LogP contribution is 2.37. The number of amides is 2. The van der Waals surface area contributed by atoms with Crippen LogP contribution in [0.25, 0.3) is 20.8 Å². The van der Waals surface area contributed by atoms with Crippen LogP contribution in [-0.4, -0.2) is 38.2 Å². The molecule has 9 heteroatoms. The summed E-state index contributed by atoms with van der Waals surface area (Å²) in [6.45, 7) is 4.43. The lowest BCUT2D eigenvalue weighted by molar-refractivity contribution is -0.146. The number of benzene rings is 1. The van der Waals surface area contributed by atoms with Gasteiger partial charge in [0, 0.05) is 24.5 Å². The molecule has 5 rings (SSSR count). The molecule has 0 spiro atoms. The Labute approximate surface area is 207 Å². The van der Waals surface area contributed by atoms with Crippen molar-refractivity contribution in [3.05, 3.63) is 66.1 Å². The summed E-state index contributed by atoms with van der Waals surface area (Å²) in [7, 11) is 0. The van der Waals surface area contributed by atoms with Crippen LogP contribution >= 0.6 is 11.3 Å². The van der Waals surface area contributed by atoms with Crippen molar-refractivity contribution in [3.63, 3.8) is 0 Å². The first-order chi connectivity index (χ1) is 16.9. The van der Waals surface area contributed by atoms with Crippen LogP contribution in [0, 0.1) is 12.8 Å². The molecule has 3 N–H and O–H groups in total. The number of nitrogens with two attached hydrogens (primary N) is 1. The second-order valence-corrected chi connectivity index (χ2v) is 10.0. The zero-order valence-electron chi connectivity index (χ0n) is 19.6. The van der Waals surface area contributed by atoms with Gasteiger partial charge < -0.3 is 16.0 Å². The highest BCUT2D eigenvalue weighted by atomic mass is 32.1. The standard InChI is InChI=1S/C26H26N6O2S/c1-15-3-5-21(32(14-15)26(34)24(33)30-19-11-16(2)23(27)29-13-19)18-4-6-22-20(12-18)31-25(35-22)17-7-9-28-10-8-17/h4,6-13,15,21H,3,5,14H2,1-2H3,(H2,27,29)(H,30,33)/t15-,21+/m0/s1. The van der Waals surface area contributed by atoms with Crippen LogP contribution in [0.15, 0.2) is 55.0 Å². The summed E-state index contributed by atoms with van der Waals surface area (Å²) >= 11 is 1.62. The number of piperidine rings is 1. The molecule has 178 valence electrons. The number of aromatic nitrogens is 3. The smallest absolute Gasteiger partial charge is 0.313 e. The topological polar surface area (TPSA) is 114 Å². The minimum atomic E-state index is -0.676. The summed E-state index contributed by atoms with van der Waals surface area (Å²) in [6, 6.07) is 11.5. The first-order valence-electron chi connectivity index (χ1n) is 11.5. The van der Waals surface area contributed by atoms with Gasteiger partial charge in [-0.1, -0.05) is 13.0 Å². The average Bonchev–Trinajstić information content (AvgIpc) is 3.30. The van der Waals surface area contributed by atoms with Gasteiger partial charge in [-0.05, 0) is 67.1 Å². The van der Waals surface area contributed by atoms with Crippen molar-refractivity contribution in [2.45, 2.75) is 32.7 Å². The van der Waals surface area contributed by atoms with Gasteiger partial charge in [0.1, 0.15) is 10.8 Å². The third-order valence-corrected chi connectivity index (χ3v) is 7.46. The summed E-state index contributed by atoms with van der Waals surface area (Å²) in [6.07, 6.45) is 6.74. The van der Waals surface area contributed by atoms with Crippen LogP contribution in [-0.2, 0) is 9.59 Å². The average molecular weight is 487 g/mol. The van der Waals surface area contributed by atoms with E-state index < -0.39 is 11.8 Å². The summed E-state index contributed by atoms with van der Waals surface area (Å²) in [5.41, 5.74) is 9.85. The van der Waals surface area contributed by atoms with Gasteiger partial charge in [-0.2, -0.15) is 0 Å². The van der Waals surface area contributed by atoms with Crippen LogP contribution in [0.2, 0.25) is 0 Å². The van der Waals surface area contributed by atoms with E-state index in [1.807, 2.05) is 24.3 Å². The lowest BCUT2D eigenvalue weighted by Gasteiger charge is -2.38. The van der Waals surface area contributed by atoms with Crippen LogP contribution < -0.4 is 11.1 Å². The lowest BCUT2D eigenvalue weighted by Crippen LogP contribution is -2.46. The molecule has 35 heavy (non-hydrogen) atoms. The Morgan fingerprint density at radius 1 is 1.14 bits per heavy atom. The third kappa shape index (κ3) is 4.72. The van der Waals surface area contributed by atoms with E-state index in [-0.39, 0.29) is 6.04 Å². The fourth-order valence-electron chi connectivity index (χ4n) is 4.46. The molecule has 1 aromatic carbocycles. The van der Waals surface area contributed by atoms with Crippen LogP contribution in [0.1, 0.15) is 36.9 Å². The Kier molecular flexibility index (Phi) is 6.17. The maximum atomic E-state index is 13.3. The molecule has 8 nitrogen and oxygen atoms in total. The van der Waals surface area contributed by atoms with Crippen molar-refractivity contribution in [3.8, 4) is 10.6 Å². The number of rotatable bonds is 3. The SMILES string of the molecule is Cc1cc(NC(=O)C(=O)N2C[C@@H](C)CC[C@@H]2c2ccc3sc(-c4ccncc4)nc3c2)cnc1N. The van der Waals surface area contributed by atoms with Crippen molar-refractivity contribution >= 4 is 44.9 Å². The van der Waals surface area contributed by atoms with Gasteiger partial charge in [-0.15, -0.1) is 11.3 Å². The van der Waals surface area contributed by atoms with E-state index in [2.05, 4.69) is 28.3 Å². The number of carbonyl (C=O) groups is 2. The fourth-order valence-corrected chi connectivity index (χ4v) is 5.41. The fraction of sp³-hybridized carbons (Fsp3) is 0.269. The van der Waals surface area contributed by atoms with E-state index in [0.717, 1.165) is 44.8 Å². The number of thiazole rings is 1. The molecular formula is C26H26N6O2S. The van der Waals surface area contributed by atoms with Crippen molar-refractivity contribution in [1.29, 1.82) is 0 Å². The molecule has 0 aliphatic carbocycles. The number of aryl methyl sites for hydroxylation is 1. The molecule has 1 saturated heterocycles. The van der Waals surface area contributed by atoms with E-state index in [1.54, 1.807) is 41.6 Å². The monoisotopic (exact) mass is 486 g/mol. The number of hydrogen-bond donors (Lipinski definition) is 2. The maximum absolute atomic E-state index is 13.3. The van der Waals surface area contributed by atoms with Crippen molar-refractivity contribution in [2.24, 2.45) is 5.92 Å².